The number of rotatable bonds is 8. The smallest absolute Gasteiger partial charge is 0.191 e. The molecular formula is C20H35IN4O. The van der Waals surface area contributed by atoms with Crippen molar-refractivity contribution in [2.75, 3.05) is 44.3 Å². The molecule has 1 aliphatic rings. The molecule has 0 spiro atoms. The molecule has 0 saturated carbocycles. The Labute approximate surface area is 176 Å². The lowest BCUT2D eigenvalue weighted by Crippen LogP contribution is -2.39. The lowest BCUT2D eigenvalue weighted by atomic mass is 10.0. The number of hydrogen-bond donors (Lipinski definition) is 2. The second-order valence-corrected chi connectivity index (χ2v) is 6.52. The molecule has 1 heterocycles. The molecular weight excluding hydrogens is 439 g/mol. The summed E-state index contributed by atoms with van der Waals surface area (Å²) in [5, 5.41) is 6.81. The molecule has 2 rings (SSSR count). The summed E-state index contributed by atoms with van der Waals surface area (Å²) in [7, 11) is 0. The molecule has 0 radical (unpaired) electrons. The van der Waals surface area contributed by atoms with Crippen molar-refractivity contribution in [2.45, 2.75) is 40.2 Å². The van der Waals surface area contributed by atoms with Crippen LogP contribution in [0.1, 0.15) is 39.2 Å². The van der Waals surface area contributed by atoms with E-state index in [1.54, 1.807) is 0 Å². The summed E-state index contributed by atoms with van der Waals surface area (Å²) in [6.07, 6.45) is 2.40. The molecule has 1 fully saturated rings. The van der Waals surface area contributed by atoms with E-state index in [2.05, 4.69) is 60.6 Å². The van der Waals surface area contributed by atoms with Crippen LogP contribution < -0.4 is 15.5 Å². The van der Waals surface area contributed by atoms with Gasteiger partial charge in [-0.2, -0.15) is 0 Å². The zero-order valence-electron chi connectivity index (χ0n) is 16.5. The zero-order chi connectivity index (χ0) is 17.9. The van der Waals surface area contributed by atoms with Crippen molar-refractivity contribution < 1.29 is 4.74 Å². The normalized spacial score (nSPS) is 14.9. The number of ether oxygens (including phenoxy) is 1. The molecule has 0 bridgehead atoms. The van der Waals surface area contributed by atoms with Gasteiger partial charge >= 0.3 is 0 Å². The van der Waals surface area contributed by atoms with Crippen LogP contribution in [0.2, 0.25) is 0 Å². The second-order valence-electron chi connectivity index (χ2n) is 6.52. The van der Waals surface area contributed by atoms with Gasteiger partial charge in [0.15, 0.2) is 5.96 Å². The SMILES string of the molecule is CCNC(=NCc1ccc(N2CCOCC2)cc1)NCC(CC)CC.I. The maximum absolute atomic E-state index is 5.42. The average molecular weight is 474 g/mol. The minimum atomic E-state index is 0. The van der Waals surface area contributed by atoms with Crippen molar-refractivity contribution in [1.29, 1.82) is 0 Å². The first-order chi connectivity index (χ1) is 12.3. The third-order valence-corrected chi connectivity index (χ3v) is 4.79. The highest BCUT2D eigenvalue weighted by Gasteiger charge is 2.10. The highest BCUT2D eigenvalue weighted by molar-refractivity contribution is 14.0. The number of guanidine groups is 1. The number of aliphatic imine (C=N–C) groups is 1. The molecule has 0 unspecified atom stereocenters. The molecule has 148 valence electrons. The van der Waals surface area contributed by atoms with Crippen LogP contribution in [0.15, 0.2) is 29.3 Å². The number of anilines is 1. The summed E-state index contributed by atoms with van der Waals surface area (Å²) in [5.74, 6) is 1.61. The Bertz CT molecular complexity index is 511. The number of hydrogen-bond acceptors (Lipinski definition) is 3. The lowest BCUT2D eigenvalue weighted by Gasteiger charge is -2.28. The van der Waals surface area contributed by atoms with Gasteiger partial charge in [-0.1, -0.05) is 38.8 Å². The average Bonchev–Trinajstić information content (AvgIpc) is 2.68. The first-order valence-corrected chi connectivity index (χ1v) is 9.70. The first kappa shape index (κ1) is 23.0. The van der Waals surface area contributed by atoms with Crippen LogP contribution in [0.3, 0.4) is 0 Å². The zero-order valence-corrected chi connectivity index (χ0v) is 18.8. The molecule has 0 aliphatic carbocycles. The van der Waals surface area contributed by atoms with Gasteiger partial charge in [-0.3, -0.25) is 0 Å². The van der Waals surface area contributed by atoms with Gasteiger partial charge in [0.25, 0.3) is 0 Å². The summed E-state index contributed by atoms with van der Waals surface area (Å²) in [6.45, 7) is 12.7. The van der Waals surface area contributed by atoms with E-state index in [1.165, 1.54) is 24.1 Å². The standard InChI is InChI=1S/C20H34N4O.HI/c1-4-17(5-2)15-22-20(21-6-3)23-16-18-7-9-19(10-8-18)24-11-13-25-14-12-24;/h7-10,17H,4-6,11-16H2,1-3H3,(H2,21,22,23);1H. The van der Waals surface area contributed by atoms with E-state index in [-0.39, 0.29) is 24.0 Å². The number of halogens is 1. The van der Waals surface area contributed by atoms with Crippen molar-refractivity contribution in [2.24, 2.45) is 10.9 Å². The maximum Gasteiger partial charge on any atom is 0.191 e. The highest BCUT2D eigenvalue weighted by Crippen LogP contribution is 2.17. The molecule has 6 heteroatoms. The fraction of sp³-hybridized carbons (Fsp3) is 0.650. The minimum absolute atomic E-state index is 0. The number of nitrogens with one attached hydrogen (secondary N) is 2. The molecule has 1 aromatic carbocycles. The fourth-order valence-corrected chi connectivity index (χ4v) is 2.96. The van der Waals surface area contributed by atoms with Crippen molar-refractivity contribution in [3.05, 3.63) is 29.8 Å². The predicted molar refractivity (Wildman–Crippen MR) is 122 cm³/mol. The number of benzene rings is 1. The van der Waals surface area contributed by atoms with Gasteiger partial charge in [-0.15, -0.1) is 24.0 Å². The Morgan fingerprint density at radius 2 is 1.73 bits per heavy atom. The number of morpholine rings is 1. The van der Waals surface area contributed by atoms with Gasteiger partial charge in [-0.05, 0) is 30.5 Å². The summed E-state index contributed by atoms with van der Waals surface area (Å²) < 4.78 is 5.42. The monoisotopic (exact) mass is 474 g/mol. The second kappa shape index (κ2) is 13.2. The van der Waals surface area contributed by atoms with Gasteiger partial charge in [0.05, 0.1) is 19.8 Å². The van der Waals surface area contributed by atoms with Crippen LogP contribution in [0.5, 0.6) is 0 Å². The summed E-state index contributed by atoms with van der Waals surface area (Å²) in [6, 6.07) is 8.75. The van der Waals surface area contributed by atoms with Crippen LogP contribution in [-0.4, -0.2) is 45.4 Å². The van der Waals surface area contributed by atoms with Crippen LogP contribution >= 0.6 is 24.0 Å². The van der Waals surface area contributed by atoms with Gasteiger partial charge in [0, 0.05) is 31.9 Å². The minimum Gasteiger partial charge on any atom is -0.378 e. The van der Waals surface area contributed by atoms with E-state index in [0.717, 1.165) is 45.4 Å². The van der Waals surface area contributed by atoms with Gasteiger partial charge in [-0.25, -0.2) is 4.99 Å². The topological polar surface area (TPSA) is 48.9 Å². The third kappa shape index (κ3) is 7.70. The van der Waals surface area contributed by atoms with Crippen molar-refractivity contribution in [3.63, 3.8) is 0 Å². The Hall–Kier alpha value is -1.02. The highest BCUT2D eigenvalue weighted by atomic mass is 127. The van der Waals surface area contributed by atoms with Crippen LogP contribution in [0.25, 0.3) is 0 Å². The van der Waals surface area contributed by atoms with Gasteiger partial charge < -0.3 is 20.3 Å². The van der Waals surface area contributed by atoms with Crippen LogP contribution in [0, 0.1) is 5.92 Å². The molecule has 0 amide bonds. The molecule has 1 aliphatic heterocycles. The molecule has 5 nitrogen and oxygen atoms in total. The van der Waals surface area contributed by atoms with Crippen LogP contribution in [0.4, 0.5) is 5.69 Å². The summed E-state index contributed by atoms with van der Waals surface area (Å²) in [5.41, 5.74) is 2.51. The quantitative estimate of drug-likeness (QED) is 0.343. The largest absolute Gasteiger partial charge is 0.378 e. The Kier molecular flexibility index (Phi) is 11.7. The molecule has 1 saturated heterocycles. The van der Waals surface area contributed by atoms with Crippen molar-refractivity contribution >= 4 is 35.6 Å². The van der Waals surface area contributed by atoms with Gasteiger partial charge in [0.1, 0.15) is 0 Å². The predicted octanol–water partition coefficient (Wildman–Crippen LogP) is 3.63. The molecule has 0 aromatic heterocycles. The Morgan fingerprint density at radius 1 is 1.08 bits per heavy atom. The Balaban J connectivity index is 0.00000338. The van der Waals surface area contributed by atoms with E-state index in [1.807, 2.05) is 0 Å². The van der Waals surface area contributed by atoms with Crippen molar-refractivity contribution in [3.8, 4) is 0 Å². The van der Waals surface area contributed by atoms with Crippen LogP contribution in [-0.2, 0) is 11.3 Å². The Morgan fingerprint density at radius 3 is 2.31 bits per heavy atom. The summed E-state index contributed by atoms with van der Waals surface area (Å²) >= 11 is 0. The van der Waals surface area contributed by atoms with Crippen molar-refractivity contribution in [1.82, 2.24) is 10.6 Å². The van der Waals surface area contributed by atoms with E-state index < -0.39 is 0 Å². The summed E-state index contributed by atoms with van der Waals surface area (Å²) in [4.78, 5) is 7.10. The van der Waals surface area contributed by atoms with E-state index in [0.29, 0.717) is 12.5 Å². The maximum atomic E-state index is 5.42. The van der Waals surface area contributed by atoms with E-state index >= 15 is 0 Å². The van der Waals surface area contributed by atoms with Gasteiger partial charge in [0.2, 0.25) is 0 Å². The molecule has 0 atom stereocenters. The lowest BCUT2D eigenvalue weighted by molar-refractivity contribution is 0.122. The third-order valence-electron chi connectivity index (χ3n) is 4.79. The fourth-order valence-electron chi connectivity index (χ4n) is 2.96. The number of nitrogens with zero attached hydrogens (tertiary/aromatic N) is 2. The van der Waals surface area contributed by atoms with E-state index in [4.69, 9.17) is 9.73 Å². The first-order valence-electron chi connectivity index (χ1n) is 9.70. The molecule has 2 N–H and O–H groups in total. The molecule has 26 heavy (non-hydrogen) atoms. The van der Waals surface area contributed by atoms with E-state index in [9.17, 15) is 0 Å². The molecule has 1 aromatic rings.